The molecule has 168 valence electrons. The van der Waals surface area contributed by atoms with Crippen LogP contribution in [0.2, 0.25) is 0 Å². The van der Waals surface area contributed by atoms with Crippen molar-refractivity contribution in [1.82, 2.24) is 9.97 Å². The highest BCUT2D eigenvalue weighted by Crippen LogP contribution is 2.26. The molecule has 1 aliphatic rings. The first-order valence-corrected chi connectivity index (χ1v) is 11.7. The molecule has 0 radical (unpaired) electrons. The molecule has 7 nitrogen and oxygen atoms in total. The molecule has 2 unspecified atom stereocenters. The number of morpholine rings is 1. The molecule has 8 heteroatoms. The number of rotatable bonds is 7. The van der Waals surface area contributed by atoms with Gasteiger partial charge in [0.25, 0.3) is 0 Å². The summed E-state index contributed by atoms with van der Waals surface area (Å²) in [5.41, 5.74) is 2.43. The van der Waals surface area contributed by atoms with Crippen LogP contribution in [0, 0.1) is 0 Å². The fourth-order valence-corrected chi connectivity index (χ4v) is 4.59. The summed E-state index contributed by atoms with van der Waals surface area (Å²) in [5.74, 6) is 1.62. The van der Waals surface area contributed by atoms with E-state index in [-0.39, 0.29) is 24.5 Å². The van der Waals surface area contributed by atoms with Gasteiger partial charge in [0.2, 0.25) is 5.91 Å². The van der Waals surface area contributed by atoms with Crippen molar-refractivity contribution < 1.29 is 14.3 Å². The van der Waals surface area contributed by atoms with Crippen LogP contribution in [0.15, 0.2) is 48.0 Å². The first-order chi connectivity index (χ1) is 15.5. The Labute approximate surface area is 192 Å². The number of amides is 1. The molecule has 4 rings (SSSR count). The highest BCUT2D eigenvalue weighted by Gasteiger charge is 2.23. The standard InChI is InChI=1S/C24H28N4O3S/c1-4-30-21-8-5-18(6-9-21)24-27-20(15-32-24)11-23(29)26-19-7-10-22(25-12-19)28-13-16(2)31-17(3)14-28/h5-10,12,15-17H,4,11,13-14H2,1-3H3,(H,26,29). The summed E-state index contributed by atoms with van der Waals surface area (Å²) in [4.78, 5) is 23.8. The number of carbonyl (C=O) groups excluding carboxylic acids is 1. The maximum atomic E-state index is 12.5. The third-order valence-electron chi connectivity index (χ3n) is 5.08. The van der Waals surface area contributed by atoms with Gasteiger partial charge in [-0.15, -0.1) is 11.3 Å². The first kappa shape index (κ1) is 22.2. The Morgan fingerprint density at radius 2 is 1.94 bits per heavy atom. The van der Waals surface area contributed by atoms with Crippen molar-refractivity contribution in [2.45, 2.75) is 39.4 Å². The van der Waals surface area contributed by atoms with Crippen LogP contribution < -0.4 is 15.0 Å². The fraction of sp³-hybridized carbons (Fsp3) is 0.375. The molecule has 32 heavy (non-hydrogen) atoms. The van der Waals surface area contributed by atoms with Crippen LogP contribution in [-0.4, -0.2) is 47.8 Å². The second kappa shape index (κ2) is 10.1. The Morgan fingerprint density at radius 3 is 2.59 bits per heavy atom. The smallest absolute Gasteiger partial charge is 0.230 e. The van der Waals surface area contributed by atoms with Crippen molar-refractivity contribution >= 4 is 28.7 Å². The molecule has 1 aliphatic heterocycles. The molecule has 2 aromatic heterocycles. The predicted molar refractivity (Wildman–Crippen MR) is 128 cm³/mol. The molecule has 0 bridgehead atoms. The Kier molecular flexibility index (Phi) is 7.02. The number of hydrogen-bond acceptors (Lipinski definition) is 7. The molecule has 1 fully saturated rings. The third-order valence-corrected chi connectivity index (χ3v) is 6.02. The van der Waals surface area contributed by atoms with Crippen LogP contribution in [0.1, 0.15) is 26.5 Å². The van der Waals surface area contributed by atoms with E-state index in [4.69, 9.17) is 9.47 Å². The average Bonchev–Trinajstić information content (AvgIpc) is 3.22. The van der Waals surface area contributed by atoms with Crippen LogP contribution in [0.3, 0.4) is 0 Å². The number of nitrogens with zero attached hydrogens (tertiary/aromatic N) is 3. The van der Waals surface area contributed by atoms with Gasteiger partial charge in [0, 0.05) is 24.0 Å². The van der Waals surface area contributed by atoms with Gasteiger partial charge >= 0.3 is 0 Å². The lowest BCUT2D eigenvalue weighted by molar-refractivity contribution is -0.115. The molecule has 1 N–H and O–H groups in total. The van der Waals surface area contributed by atoms with E-state index in [0.29, 0.717) is 12.3 Å². The van der Waals surface area contributed by atoms with E-state index in [2.05, 4.69) is 34.0 Å². The molecule has 1 amide bonds. The van der Waals surface area contributed by atoms with E-state index < -0.39 is 0 Å². The number of carbonyl (C=O) groups is 1. The van der Waals surface area contributed by atoms with Gasteiger partial charge in [-0.2, -0.15) is 0 Å². The van der Waals surface area contributed by atoms with E-state index in [1.165, 1.54) is 11.3 Å². The molecule has 0 aliphatic carbocycles. The van der Waals surface area contributed by atoms with Crippen LogP contribution >= 0.6 is 11.3 Å². The number of thiazole rings is 1. The van der Waals surface area contributed by atoms with Gasteiger partial charge in [-0.3, -0.25) is 4.79 Å². The van der Waals surface area contributed by atoms with Gasteiger partial charge in [-0.05, 0) is 57.2 Å². The summed E-state index contributed by atoms with van der Waals surface area (Å²) in [6.45, 7) is 8.35. The minimum absolute atomic E-state index is 0.114. The zero-order valence-corrected chi connectivity index (χ0v) is 19.4. The zero-order chi connectivity index (χ0) is 22.5. The van der Waals surface area contributed by atoms with Gasteiger partial charge < -0.3 is 19.7 Å². The van der Waals surface area contributed by atoms with E-state index in [9.17, 15) is 4.79 Å². The molecular formula is C24H28N4O3S. The Morgan fingerprint density at radius 1 is 1.19 bits per heavy atom. The lowest BCUT2D eigenvalue weighted by Gasteiger charge is -2.36. The first-order valence-electron chi connectivity index (χ1n) is 10.8. The van der Waals surface area contributed by atoms with Crippen molar-refractivity contribution in [1.29, 1.82) is 0 Å². The number of benzene rings is 1. The maximum absolute atomic E-state index is 12.5. The Bertz CT molecular complexity index is 1030. The highest BCUT2D eigenvalue weighted by molar-refractivity contribution is 7.13. The van der Waals surface area contributed by atoms with E-state index in [0.717, 1.165) is 40.9 Å². The molecule has 2 atom stereocenters. The van der Waals surface area contributed by atoms with Crippen LogP contribution in [-0.2, 0) is 16.0 Å². The average molecular weight is 453 g/mol. The number of pyridine rings is 1. The van der Waals surface area contributed by atoms with Gasteiger partial charge in [-0.1, -0.05) is 0 Å². The molecule has 0 saturated carbocycles. The highest BCUT2D eigenvalue weighted by atomic mass is 32.1. The van der Waals surface area contributed by atoms with Crippen LogP contribution in [0.5, 0.6) is 5.75 Å². The second-order valence-corrected chi connectivity index (χ2v) is 8.75. The maximum Gasteiger partial charge on any atom is 0.230 e. The van der Waals surface area contributed by atoms with E-state index in [1.807, 2.05) is 48.7 Å². The summed E-state index contributed by atoms with van der Waals surface area (Å²) in [5, 5.41) is 5.72. The zero-order valence-electron chi connectivity index (χ0n) is 18.6. The lowest BCUT2D eigenvalue weighted by Crippen LogP contribution is -2.45. The Hall–Kier alpha value is -2.97. The minimum Gasteiger partial charge on any atom is -0.494 e. The number of ether oxygens (including phenoxy) is 2. The normalized spacial score (nSPS) is 18.4. The SMILES string of the molecule is CCOc1ccc(-c2nc(CC(=O)Nc3ccc(N4CC(C)OC(C)C4)nc3)cs2)cc1. The van der Waals surface area contributed by atoms with Crippen molar-refractivity contribution in [3.05, 3.63) is 53.7 Å². The quantitative estimate of drug-likeness (QED) is 0.573. The monoisotopic (exact) mass is 452 g/mol. The van der Waals surface area contributed by atoms with Crippen molar-refractivity contribution in [2.75, 3.05) is 29.9 Å². The number of hydrogen-bond donors (Lipinski definition) is 1. The van der Waals surface area contributed by atoms with Gasteiger partial charge in [0.05, 0.1) is 42.8 Å². The predicted octanol–water partition coefficient (Wildman–Crippen LogP) is 4.40. The molecule has 1 aromatic carbocycles. The van der Waals surface area contributed by atoms with Crippen molar-refractivity contribution in [3.8, 4) is 16.3 Å². The number of anilines is 2. The van der Waals surface area contributed by atoms with Gasteiger partial charge in [0.1, 0.15) is 16.6 Å². The summed E-state index contributed by atoms with van der Waals surface area (Å²) in [6, 6.07) is 11.7. The molecule has 1 saturated heterocycles. The van der Waals surface area contributed by atoms with Crippen LogP contribution in [0.4, 0.5) is 11.5 Å². The van der Waals surface area contributed by atoms with Gasteiger partial charge in [0.15, 0.2) is 0 Å². The van der Waals surface area contributed by atoms with E-state index >= 15 is 0 Å². The van der Waals surface area contributed by atoms with Crippen LogP contribution in [0.25, 0.3) is 10.6 Å². The minimum atomic E-state index is -0.114. The molecule has 3 heterocycles. The van der Waals surface area contributed by atoms with Crippen molar-refractivity contribution in [3.63, 3.8) is 0 Å². The summed E-state index contributed by atoms with van der Waals surface area (Å²) >= 11 is 1.53. The number of nitrogens with one attached hydrogen (secondary N) is 1. The number of aromatic nitrogens is 2. The van der Waals surface area contributed by atoms with Crippen molar-refractivity contribution in [2.24, 2.45) is 0 Å². The summed E-state index contributed by atoms with van der Waals surface area (Å²) in [6.07, 6.45) is 2.26. The Balaban J connectivity index is 1.33. The van der Waals surface area contributed by atoms with E-state index in [1.54, 1.807) is 6.20 Å². The molecular weight excluding hydrogens is 424 g/mol. The summed E-state index contributed by atoms with van der Waals surface area (Å²) < 4.78 is 11.3. The lowest BCUT2D eigenvalue weighted by atomic mass is 10.2. The molecule has 3 aromatic rings. The summed E-state index contributed by atoms with van der Waals surface area (Å²) in [7, 11) is 0. The third kappa shape index (κ3) is 5.63. The topological polar surface area (TPSA) is 76.6 Å². The largest absolute Gasteiger partial charge is 0.494 e. The second-order valence-electron chi connectivity index (χ2n) is 7.89. The molecule has 0 spiro atoms. The van der Waals surface area contributed by atoms with Gasteiger partial charge in [-0.25, -0.2) is 9.97 Å². The fourth-order valence-electron chi connectivity index (χ4n) is 3.76.